The predicted octanol–water partition coefficient (Wildman–Crippen LogP) is -0.497. The summed E-state index contributed by atoms with van der Waals surface area (Å²) in [7, 11) is 3.15. The third-order valence-electron chi connectivity index (χ3n) is 2.39. The molecule has 8 heteroatoms. The first kappa shape index (κ1) is 13.7. The van der Waals surface area contributed by atoms with E-state index < -0.39 is 18.0 Å². The molecule has 0 aromatic heterocycles. The lowest BCUT2D eigenvalue weighted by Gasteiger charge is -2.44. The van der Waals surface area contributed by atoms with Gasteiger partial charge in [0.2, 0.25) is 0 Å². The molecule has 8 nitrogen and oxygen atoms in total. The summed E-state index contributed by atoms with van der Waals surface area (Å²) in [4.78, 5) is 22.9. The van der Waals surface area contributed by atoms with Gasteiger partial charge in [0.1, 0.15) is 0 Å². The highest BCUT2D eigenvalue weighted by molar-refractivity contribution is 5.96. The molecule has 0 spiro atoms. The molecule has 0 saturated carbocycles. The van der Waals surface area contributed by atoms with Gasteiger partial charge in [-0.25, -0.2) is 15.0 Å². The van der Waals surface area contributed by atoms with Gasteiger partial charge in [-0.1, -0.05) is 13.3 Å². The number of carbonyl (C=O) groups excluding carboxylic acids is 2. The average molecular weight is 245 g/mol. The van der Waals surface area contributed by atoms with Crippen LogP contribution in [0, 0.1) is 0 Å². The van der Waals surface area contributed by atoms with E-state index >= 15 is 0 Å². The summed E-state index contributed by atoms with van der Waals surface area (Å²) < 4.78 is 5.56. The van der Waals surface area contributed by atoms with E-state index in [1.54, 1.807) is 14.1 Å². The van der Waals surface area contributed by atoms with Crippen molar-refractivity contribution >= 4 is 12.1 Å². The molecule has 1 rings (SSSR count). The number of carbonyl (C=O) groups is 2. The Balaban J connectivity index is 2.82. The average Bonchev–Trinajstić information content (AvgIpc) is 2.28. The monoisotopic (exact) mass is 245 g/mol. The summed E-state index contributed by atoms with van der Waals surface area (Å²) in [5, 5.41) is 8.57. The number of amides is 4. The van der Waals surface area contributed by atoms with Crippen molar-refractivity contribution < 1.29 is 14.3 Å². The number of urea groups is 2. The number of rotatable bonds is 6. The van der Waals surface area contributed by atoms with Crippen molar-refractivity contribution in [3.63, 3.8) is 0 Å². The molecular weight excluding hydrogens is 226 g/mol. The minimum atomic E-state index is -1.36. The van der Waals surface area contributed by atoms with Crippen molar-refractivity contribution in [3.8, 4) is 0 Å². The van der Waals surface area contributed by atoms with Crippen LogP contribution in [0.1, 0.15) is 19.8 Å². The van der Waals surface area contributed by atoms with Crippen LogP contribution in [0.15, 0.2) is 0 Å². The molecule has 0 radical (unpaired) electrons. The lowest BCUT2D eigenvalue weighted by Crippen LogP contribution is -2.80. The molecule has 1 unspecified atom stereocenters. The van der Waals surface area contributed by atoms with Gasteiger partial charge in [0, 0.05) is 7.05 Å². The van der Waals surface area contributed by atoms with Crippen LogP contribution in [0.4, 0.5) is 9.59 Å². The van der Waals surface area contributed by atoms with Crippen LogP contribution in [0.3, 0.4) is 0 Å². The van der Waals surface area contributed by atoms with Gasteiger partial charge < -0.3 is 4.74 Å². The van der Waals surface area contributed by atoms with Gasteiger partial charge >= 0.3 is 18.0 Å². The van der Waals surface area contributed by atoms with Crippen molar-refractivity contribution in [3.05, 3.63) is 0 Å². The Kier molecular flexibility index (Phi) is 4.67. The number of hydrogen-bond donors (Lipinski definition) is 4. The van der Waals surface area contributed by atoms with Crippen molar-refractivity contribution in [1.29, 1.82) is 0 Å². The molecule has 1 heterocycles. The van der Waals surface area contributed by atoms with E-state index in [2.05, 4.69) is 21.4 Å². The molecule has 0 aromatic carbocycles. The van der Waals surface area contributed by atoms with Crippen LogP contribution in [0.5, 0.6) is 0 Å². The summed E-state index contributed by atoms with van der Waals surface area (Å²) in [6, 6.07) is -1.19. The summed E-state index contributed by atoms with van der Waals surface area (Å²) in [5.41, 5.74) is 2.66. The highest BCUT2D eigenvalue weighted by atomic mass is 16.6. The van der Waals surface area contributed by atoms with Gasteiger partial charge in [0.05, 0.1) is 6.61 Å². The Morgan fingerprint density at radius 3 is 2.65 bits per heavy atom. The number of nitrogens with one attached hydrogen (secondary N) is 4. The summed E-state index contributed by atoms with van der Waals surface area (Å²) in [6.45, 7) is 2.44. The Hall–Kier alpha value is -1.38. The van der Waals surface area contributed by atoms with Crippen LogP contribution in [0.2, 0.25) is 0 Å². The molecule has 4 N–H and O–H groups in total. The first-order valence-corrected chi connectivity index (χ1v) is 5.53. The molecule has 0 aliphatic carbocycles. The Morgan fingerprint density at radius 2 is 2.12 bits per heavy atom. The zero-order valence-electron chi connectivity index (χ0n) is 10.3. The maximum Gasteiger partial charge on any atom is 0.345 e. The zero-order chi connectivity index (χ0) is 12.9. The maximum absolute atomic E-state index is 11.6. The molecule has 98 valence electrons. The van der Waals surface area contributed by atoms with Crippen LogP contribution in [0.25, 0.3) is 0 Å². The van der Waals surface area contributed by atoms with E-state index in [1.165, 1.54) is 0 Å². The SMILES string of the molecule is CCCCOC1(NC)NC(=O)NC(=O)N1NC. The zero-order valence-corrected chi connectivity index (χ0v) is 10.3. The van der Waals surface area contributed by atoms with Crippen LogP contribution in [-0.4, -0.2) is 43.7 Å². The topological polar surface area (TPSA) is 94.7 Å². The molecule has 1 atom stereocenters. The highest BCUT2D eigenvalue weighted by Crippen LogP contribution is 2.12. The van der Waals surface area contributed by atoms with E-state index in [4.69, 9.17) is 4.74 Å². The Labute approximate surface area is 100 Å². The Bertz CT molecular complexity index is 298. The fourth-order valence-electron chi connectivity index (χ4n) is 1.51. The molecule has 1 aliphatic heterocycles. The first-order valence-electron chi connectivity index (χ1n) is 5.53. The summed E-state index contributed by atoms with van der Waals surface area (Å²) in [6.07, 6.45) is 1.79. The smallest absolute Gasteiger partial charge is 0.324 e. The minimum absolute atomic E-state index is 0.420. The number of hydrazine groups is 1. The van der Waals surface area contributed by atoms with Crippen molar-refractivity contribution in [2.45, 2.75) is 25.7 Å². The number of nitrogens with zero attached hydrogens (tertiary/aromatic N) is 1. The molecule has 4 amide bonds. The molecular formula is C9H19N5O3. The Morgan fingerprint density at radius 1 is 1.41 bits per heavy atom. The van der Waals surface area contributed by atoms with Gasteiger partial charge in [-0.15, -0.1) is 0 Å². The molecule has 1 fully saturated rings. The third kappa shape index (κ3) is 2.84. The fraction of sp³-hybridized carbons (Fsp3) is 0.778. The second kappa shape index (κ2) is 5.80. The number of hydrogen-bond acceptors (Lipinski definition) is 5. The highest BCUT2D eigenvalue weighted by Gasteiger charge is 2.45. The largest absolute Gasteiger partial charge is 0.345 e. The standard InChI is InChI=1S/C9H19N5O3/c1-4-5-6-17-9(10-2)13-7(15)12-8(16)14(9)11-3/h10-11H,4-6H2,1-3H3,(H2,12,13,15,16). The quantitative estimate of drug-likeness (QED) is 0.374. The van der Waals surface area contributed by atoms with Gasteiger partial charge in [0.25, 0.3) is 0 Å². The maximum atomic E-state index is 11.6. The molecule has 1 aliphatic rings. The van der Waals surface area contributed by atoms with Gasteiger partial charge in [-0.3, -0.25) is 16.0 Å². The van der Waals surface area contributed by atoms with E-state index in [-0.39, 0.29) is 0 Å². The van der Waals surface area contributed by atoms with Crippen LogP contribution in [-0.2, 0) is 4.74 Å². The molecule has 1 saturated heterocycles. The fourth-order valence-corrected chi connectivity index (χ4v) is 1.51. The van der Waals surface area contributed by atoms with Gasteiger partial charge in [0.15, 0.2) is 0 Å². The second-order valence-electron chi connectivity index (χ2n) is 3.54. The number of unbranched alkanes of at least 4 members (excludes halogenated alkanes) is 1. The predicted molar refractivity (Wildman–Crippen MR) is 60.6 cm³/mol. The van der Waals surface area contributed by atoms with Crippen LogP contribution < -0.4 is 21.4 Å². The molecule has 0 aromatic rings. The van der Waals surface area contributed by atoms with Crippen LogP contribution >= 0.6 is 0 Å². The lowest BCUT2D eigenvalue weighted by atomic mass is 10.4. The van der Waals surface area contributed by atoms with E-state index in [0.29, 0.717) is 6.61 Å². The van der Waals surface area contributed by atoms with Gasteiger partial charge in [-0.05, 0) is 13.5 Å². The third-order valence-corrected chi connectivity index (χ3v) is 2.39. The van der Waals surface area contributed by atoms with Crippen molar-refractivity contribution in [1.82, 2.24) is 26.4 Å². The van der Waals surface area contributed by atoms with Gasteiger partial charge in [-0.2, -0.15) is 5.01 Å². The van der Waals surface area contributed by atoms with Crippen molar-refractivity contribution in [2.75, 3.05) is 20.7 Å². The van der Waals surface area contributed by atoms with E-state index in [0.717, 1.165) is 17.9 Å². The minimum Gasteiger partial charge on any atom is -0.324 e. The second-order valence-corrected chi connectivity index (χ2v) is 3.54. The molecule has 17 heavy (non-hydrogen) atoms. The normalized spacial score (nSPS) is 24.5. The molecule has 0 bridgehead atoms. The lowest BCUT2D eigenvalue weighted by molar-refractivity contribution is -0.187. The van der Waals surface area contributed by atoms with Crippen molar-refractivity contribution in [2.24, 2.45) is 0 Å². The van der Waals surface area contributed by atoms with E-state index in [9.17, 15) is 9.59 Å². The number of ether oxygens (including phenoxy) is 1. The number of imide groups is 1. The van der Waals surface area contributed by atoms with E-state index in [1.807, 2.05) is 6.92 Å². The summed E-state index contributed by atoms with van der Waals surface area (Å²) in [5.74, 6) is -1.36. The summed E-state index contributed by atoms with van der Waals surface area (Å²) >= 11 is 0. The first-order chi connectivity index (χ1) is 8.09.